The molecular weight excluding hydrogens is 418 g/mol. The fourth-order valence-corrected chi connectivity index (χ4v) is 4.82. The largest absolute Gasteiger partial charge is 0.508 e. The van der Waals surface area contributed by atoms with E-state index in [9.17, 15) is 5.11 Å². The normalized spacial score (nSPS) is 15.8. The summed E-state index contributed by atoms with van der Waals surface area (Å²) in [5.74, 6) is 0.345. The van der Waals surface area contributed by atoms with Gasteiger partial charge in [-0.25, -0.2) is 0 Å². The lowest BCUT2D eigenvalue weighted by atomic mass is 9.95. The predicted octanol–water partition coefficient (Wildman–Crippen LogP) is 5.81. The van der Waals surface area contributed by atoms with E-state index in [1.807, 2.05) is 36.5 Å². The van der Waals surface area contributed by atoms with Crippen LogP contribution in [-0.2, 0) is 0 Å². The van der Waals surface area contributed by atoms with Gasteiger partial charge in [0.05, 0.1) is 11.6 Å². The number of pyridine rings is 1. The first-order valence-electron chi connectivity index (χ1n) is 11.0. The van der Waals surface area contributed by atoms with E-state index in [0.717, 1.165) is 42.6 Å². The van der Waals surface area contributed by atoms with Crippen molar-refractivity contribution in [3.63, 3.8) is 0 Å². The van der Waals surface area contributed by atoms with Crippen LogP contribution in [0.2, 0.25) is 5.02 Å². The second-order valence-electron chi connectivity index (χ2n) is 8.39. The maximum atomic E-state index is 10.6. The van der Waals surface area contributed by atoms with E-state index in [0.29, 0.717) is 10.8 Å². The highest BCUT2D eigenvalue weighted by Gasteiger charge is 2.28. The minimum atomic E-state index is 0.0203. The molecule has 0 amide bonds. The SMILES string of the molecule is Cc1ccc(C(c2ccccc2O)N2CCN(c3ccnc4cc(Cl)ccc34)CC2)cc1. The van der Waals surface area contributed by atoms with Crippen molar-refractivity contribution in [1.29, 1.82) is 0 Å². The van der Waals surface area contributed by atoms with Gasteiger partial charge < -0.3 is 10.0 Å². The number of aromatic nitrogens is 1. The van der Waals surface area contributed by atoms with Crippen LogP contribution in [0, 0.1) is 6.92 Å². The number of aryl methyl sites for hydroxylation is 1. The minimum absolute atomic E-state index is 0.0203. The summed E-state index contributed by atoms with van der Waals surface area (Å²) in [5.41, 5.74) is 5.51. The fraction of sp³-hybridized carbons (Fsp3) is 0.222. The molecule has 162 valence electrons. The zero-order valence-electron chi connectivity index (χ0n) is 18.1. The number of benzene rings is 3. The van der Waals surface area contributed by atoms with Crippen LogP contribution in [0.15, 0.2) is 79.0 Å². The molecule has 5 heteroatoms. The van der Waals surface area contributed by atoms with E-state index in [4.69, 9.17) is 11.6 Å². The molecule has 3 aromatic carbocycles. The number of phenols is 1. The van der Waals surface area contributed by atoms with Crippen LogP contribution < -0.4 is 4.90 Å². The molecule has 0 radical (unpaired) electrons. The Morgan fingerprint density at radius 2 is 1.66 bits per heavy atom. The van der Waals surface area contributed by atoms with Crippen LogP contribution in [0.4, 0.5) is 5.69 Å². The van der Waals surface area contributed by atoms with Crippen molar-refractivity contribution in [2.75, 3.05) is 31.1 Å². The van der Waals surface area contributed by atoms with Gasteiger partial charge in [-0.05, 0) is 42.8 Å². The van der Waals surface area contributed by atoms with Gasteiger partial charge >= 0.3 is 0 Å². The van der Waals surface area contributed by atoms with Crippen LogP contribution in [0.1, 0.15) is 22.7 Å². The predicted molar refractivity (Wildman–Crippen MR) is 132 cm³/mol. The van der Waals surface area contributed by atoms with Gasteiger partial charge in [0.2, 0.25) is 0 Å². The molecule has 0 spiro atoms. The Morgan fingerprint density at radius 3 is 2.41 bits per heavy atom. The highest BCUT2D eigenvalue weighted by molar-refractivity contribution is 6.31. The molecule has 1 saturated heterocycles. The van der Waals surface area contributed by atoms with Gasteiger partial charge in [-0.1, -0.05) is 59.6 Å². The lowest BCUT2D eigenvalue weighted by Crippen LogP contribution is -2.48. The van der Waals surface area contributed by atoms with Crippen molar-refractivity contribution in [2.24, 2.45) is 0 Å². The number of nitrogens with zero attached hydrogens (tertiary/aromatic N) is 3. The van der Waals surface area contributed by atoms with Gasteiger partial charge in [0.1, 0.15) is 5.75 Å². The summed E-state index contributed by atoms with van der Waals surface area (Å²) in [4.78, 5) is 9.38. The highest BCUT2D eigenvalue weighted by Crippen LogP contribution is 2.36. The van der Waals surface area contributed by atoms with Gasteiger partial charge in [0.15, 0.2) is 0 Å². The van der Waals surface area contributed by atoms with Crippen molar-refractivity contribution in [3.8, 4) is 5.75 Å². The Hall–Kier alpha value is -3.08. The Kier molecular flexibility index (Phi) is 5.73. The number of anilines is 1. The van der Waals surface area contributed by atoms with Gasteiger partial charge in [-0.2, -0.15) is 0 Å². The van der Waals surface area contributed by atoms with Gasteiger partial charge in [-0.3, -0.25) is 9.88 Å². The third kappa shape index (κ3) is 4.04. The maximum absolute atomic E-state index is 10.6. The molecule has 1 atom stereocenters. The van der Waals surface area contributed by atoms with Crippen molar-refractivity contribution >= 4 is 28.2 Å². The number of phenolic OH excluding ortho intramolecular Hbond substituents is 1. The van der Waals surface area contributed by atoms with Crippen molar-refractivity contribution < 1.29 is 5.11 Å². The zero-order chi connectivity index (χ0) is 22.1. The lowest BCUT2D eigenvalue weighted by molar-refractivity contribution is 0.209. The molecule has 1 unspecified atom stereocenters. The van der Waals surface area contributed by atoms with Crippen molar-refractivity contribution in [3.05, 3.63) is 101 Å². The highest BCUT2D eigenvalue weighted by atomic mass is 35.5. The number of piperazine rings is 1. The summed E-state index contributed by atoms with van der Waals surface area (Å²) < 4.78 is 0. The van der Waals surface area contributed by atoms with E-state index in [1.165, 1.54) is 16.8 Å². The number of hydrogen-bond donors (Lipinski definition) is 1. The van der Waals surface area contributed by atoms with Crippen LogP contribution >= 0.6 is 11.6 Å². The Bertz CT molecular complexity index is 1230. The third-order valence-electron chi connectivity index (χ3n) is 6.33. The van der Waals surface area contributed by atoms with Gasteiger partial charge in [0.25, 0.3) is 0 Å². The molecule has 0 saturated carbocycles. The number of fused-ring (bicyclic) bond motifs is 1. The quantitative estimate of drug-likeness (QED) is 0.431. The van der Waals surface area contributed by atoms with Crippen LogP contribution in [0.25, 0.3) is 10.9 Å². The molecular formula is C27H26ClN3O. The molecule has 1 N–H and O–H groups in total. The molecule has 4 nitrogen and oxygen atoms in total. The van der Waals surface area contributed by atoms with Crippen LogP contribution in [0.5, 0.6) is 5.75 Å². The van der Waals surface area contributed by atoms with Gasteiger partial charge in [0, 0.05) is 54.0 Å². The molecule has 1 aliphatic heterocycles. The van der Waals surface area contributed by atoms with E-state index in [1.54, 1.807) is 6.07 Å². The number of aromatic hydroxyl groups is 1. The number of halogens is 1. The van der Waals surface area contributed by atoms with E-state index in [-0.39, 0.29) is 6.04 Å². The molecule has 4 aromatic rings. The molecule has 1 aromatic heterocycles. The topological polar surface area (TPSA) is 39.6 Å². The zero-order valence-corrected chi connectivity index (χ0v) is 18.8. The minimum Gasteiger partial charge on any atom is -0.508 e. The van der Waals surface area contributed by atoms with Crippen molar-refractivity contribution in [1.82, 2.24) is 9.88 Å². The Balaban J connectivity index is 1.43. The Labute approximate surface area is 193 Å². The number of hydrogen-bond acceptors (Lipinski definition) is 4. The molecule has 1 fully saturated rings. The van der Waals surface area contributed by atoms with Crippen LogP contribution in [0.3, 0.4) is 0 Å². The number of para-hydroxylation sites is 1. The third-order valence-corrected chi connectivity index (χ3v) is 6.56. The molecule has 1 aliphatic rings. The average molecular weight is 444 g/mol. The van der Waals surface area contributed by atoms with Crippen molar-refractivity contribution in [2.45, 2.75) is 13.0 Å². The first kappa shape index (κ1) is 20.8. The number of rotatable bonds is 4. The first-order valence-corrected chi connectivity index (χ1v) is 11.4. The first-order chi connectivity index (χ1) is 15.6. The summed E-state index contributed by atoms with van der Waals surface area (Å²) in [6.45, 7) is 5.69. The second kappa shape index (κ2) is 8.81. The van der Waals surface area contributed by atoms with E-state index in [2.05, 4.69) is 58.1 Å². The second-order valence-corrected chi connectivity index (χ2v) is 8.82. The molecule has 0 bridgehead atoms. The summed E-state index contributed by atoms with van der Waals surface area (Å²) in [5, 5.41) is 12.5. The van der Waals surface area contributed by atoms with Crippen LogP contribution in [-0.4, -0.2) is 41.2 Å². The maximum Gasteiger partial charge on any atom is 0.120 e. The lowest BCUT2D eigenvalue weighted by Gasteiger charge is -2.41. The molecule has 5 rings (SSSR count). The molecule has 2 heterocycles. The van der Waals surface area contributed by atoms with E-state index < -0.39 is 0 Å². The van der Waals surface area contributed by atoms with E-state index >= 15 is 0 Å². The summed E-state index contributed by atoms with van der Waals surface area (Å²) in [7, 11) is 0. The molecule has 0 aliphatic carbocycles. The summed E-state index contributed by atoms with van der Waals surface area (Å²) in [6, 6.07) is 24.4. The standard InChI is InChI=1S/C27H26ClN3O/c1-19-6-8-20(9-7-19)27(23-4-2-3-5-26(23)32)31-16-14-30(15-17-31)25-12-13-29-24-18-21(28)10-11-22(24)25/h2-13,18,27,32H,14-17H2,1H3. The summed E-state index contributed by atoms with van der Waals surface area (Å²) in [6.07, 6.45) is 1.86. The smallest absolute Gasteiger partial charge is 0.120 e. The molecule has 32 heavy (non-hydrogen) atoms. The average Bonchev–Trinajstić information content (AvgIpc) is 2.81. The Morgan fingerprint density at radius 1 is 0.906 bits per heavy atom. The monoisotopic (exact) mass is 443 g/mol. The fourth-order valence-electron chi connectivity index (χ4n) is 4.66. The van der Waals surface area contributed by atoms with Gasteiger partial charge in [-0.15, -0.1) is 0 Å². The summed E-state index contributed by atoms with van der Waals surface area (Å²) >= 11 is 6.17.